The van der Waals surface area contributed by atoms with Gasteiger partial charge in [-0.25, -0.2) is 4.98 Å². The van der Waals surface area contributed by atoms with Crippen LogP contribution in [0.3, 0.4) is 0 Å². The van der Waals surface area contributed by atoms with Crippen molar-refractivity contribution in [2.24, 2.45) is 0 Å². The Kier molecular flexibility index (Phi) is 5.75. The molecule has 0 unspecified atom stereocenters. The second-order valence-electron chi connectivity index (χ2n) is 8.19. The van der Waals surface area contributed by atoms with E-state index in [0.717, 1.165) is 71.8 Å². The van der Waals surface area contributed by atoms with Gasteiger partial charge in [0.05, 0.1) is 31.2 Å². The largest absolute Gasteiger partial charge is 0.497 e. The number of anilines is 1. The van der Waals surface area contributed by atoms with Crippen LogP contribution in [-0.4, -0.2) is 65.5 Å². The Labute approximate surface area is 187 Å². The first kappa shape index (κ1) is 20.5. The quantitative estimate of drug-likeness (QED) is 0.491. The van der Waals surface area contributed by atoms with Crippen LogP contribution < -0.4 is 10.1 Å². The zero-order valence-corrected chi connectivity index (χ0v) is 18.2. The number of fused-ring (bicyclic) bond motifs is 2. The molecule has 1 aliphatic rings. The zero-order valence-electron chi connectivity index (χ0n) is 18.2. The fraction of sp³-hybridized carbons (Fsp3) is 0.280. The molecular formula is C25H27N5O2. The summed E-state index contributed by atoms with van der Waals surface area (Å²) < 4.78 is 5.29. The maximum atomic E-state index is 12.7. The molecule has 1 fully saturated rings. The van der Waals surface area contributed by atoms with Gasteiger partial charge in [0.1, 0.15) is 11.6 Å². The maximum Gasteiger partial charge on any atom is 0.238 e. The fourth-order valence-electron chi connectivity index (χ4n) is 4.29. The number of methoxy groups -OCH3 is 1. The SMILES string of the molecule is COc1ccc2nc(CN3CCN(CC(=O)Nc4cccc5ccccc45)CC3)[nH]c2c1. The molecule has 2 N–H and O–H groups in total. The van der Waals surface area contributed by atoms with Crippen LogP contribution in [0.4, 0.5) is 5.69 Å². The molecule has 1 amide bonds. The maximum absolute atomic E-state index is 12.7. The van der Waals surface area contributed by atoms with Crippen LogP contribution in [0.5, 0.6) is 5.75 Å². The fourth-order valence-corrected chi connectivity index (χ4v) is 4.29. The molecule has 0 spiro atoms. The van der Waals surface area contributed by atoms with Crippen molar-refractivity contribution in [3.05, 3.63) is 66.5 Å². The Bertz CT molecular complexity index is 1240. The van der Waals surface area contributed by atoms with E-state index in [-0.39, 0.29) is 5.91 Å². The van der Waals surface area contributed by atoms with Crippen molar-refractivity contribution in [3.63, 3.8) is 0 Å². The summed E-state index contributed by atoms with van der Waals surface area (Å²) in [6, 6.07) is 20.0. The van der Waals surface area contributed by atoms with Gasteiger partial charge in [-0.05, 0) is 23.6 Å². The van der Waals surface area contributed by atoms with E-state index in [1.807, 2.05) is 48.5 Å². The topological polar surface area (TPSA) is 73.5 Å². The molecule has 2 heterocycles. The summed E-state index contributed by atoms with van der Waals surface area (Å²) in [5, 5.41) is 5.28. The van der Waals surface area contributed by atoms with E-state index >= 15 is 0 Å². The van der Waals surface area contributed by atoms with Gasteiger partial charge in [-0.1, -0.05) is 36.4 Å². The molecule has 32 heavy (non-hydrogen) atoms. The monoisotopic (exact) mass is 429 g/mol. The molecule has 7 heteroatoms. The third kappa shape index (κ3) is 4.44. The van der Waals surface area contributed by atoms with E-state index < -0.39 is 0 Å². The minimum absolute atomic E-state index is 0.0287. The first-order valence-corrected chi connectivity index (χ1v) is 10.9. The van der Waals surface area contributed by atoms with Crippen molar-refractivity contribution >= 4 is 33.4 Å². The van der Waals surface area contributed by atoms with E-state index in [2.05, 4.69) is 32.2 Å². The van der Waals surface area contributed by atoms with Crippen LogP contribution in [0, 0.1) is 0 Å². The van der Waals surface area contributed by atoms with E-state index in [4.69, 9.17) is 9.72 Å². The average Bonchev–Trinajstić information content (AvgIpc) is 3.22. The number of aromatic amines is 1. The minimum atomic E-state index is 0.0287. The van der Waals surface area contributed by atoms with Crippen molar-refractivity contribution in [3.8, 4) is 5.75 Å². The summed E-state index contributed by atoms with van der Waals surface area (Å²) in [6.07, 6.45) is 0. The Balaban J connectivity index is 1.14. The number of nitrogens with zero attached hydrogens (tertiary/aromatic N) is 3. The van der Waals surface area contributed by atoms with Gasteiger partial charge in [0.2, 0.25) is 5.91 Å². The molecule has 1 aliphatic heterocycles. The minimum Gasteiger partial charge on any atom is -0.497 e. The van der Waals surface area contributed by atoms with Gasteiger partial charge in [0, 0.05) is 43.3 Å². The highest BCUT2D eigenvalue weighted by Crippen LogP contribution is 2.23. The molecule has 0 radical (unpaired) electrons. The van der Waals surface area contributed by atoms with Crippen molar-refractivity contribution in [2.75, 3.05) is 45.2 Å². The summed E-state index contributed by atoms with van der Waals surface area (Å²) in [5.74, 6) is 1.81. The lowest BCUT2D eigenvalue weighted by Gasteiger charge is -2.33. The first-order valence-electron chi connectivity index (χ1n) is 10.9. The predicted molar refractivity (Wildman–Crippen MR) is 127 cm³/mol. The number of benzene rings is 3. The number of H-pyrrole nitrogens is 1. The molecule has 164 valence electrons. The molecular weight excluding hydrogens is 402 g/mol. The van der Waals surface area contributed by atoms with Crippen LogP contribution in [0.2, 0.25) is 0 Å². The number of carbonyl (C=O) groups is 1. The smallest absolute Gasteiger partial charge is 0.238 e. The number of piperazine rings is 1. The summed E-state index contributed by atoms with van der Waals surface area (Å²) >= 11 is 0. The van der Waals surface area contributed by atoms with Gasteiger partial charge in [0.15, 0.2) is 0 Å². The highest BCUT2D eigenvalue weighted by Gasteiger charge is 2.20. The zero-order chi connectivity index (χ0) is 21.9. The van der Waals surface area contributed by atoms with Gasteiger partial charge in [-0.15, -0.1) is 0 Å². The summed E-state index contributed by atoms with van der Waals surface area (Å²) in [4.78, 5) is 25.3. The van der Waals surface area contributed by atoms with Crippen molar-refractivity contribution in [1.29, 1.82) is 0 Å². The molecule has 0 aliphatic carbocycles. The molecule has 3 aromatic carbocycles. The standard InChI is InChI=1S/C25H27N5O2/c1-32-19-9-10-22-23(15-19)27-24(26-22)16-29-11-13-30(14-12-29)17-25(31)28-21-8-4-6-18-5-2-3-7-20(18)21/h2-10,15H,11-14,16-17H2,1H3,(H,26,27)(H,28,31). The molecule has 4 aromatic rings. The van der Waals surface area contributed by atoms with Gasteiger partial charge in [0.25, 0.3) is 0 Å². The first-order chi connectivity index (χ1) is 15.7. The number of carbonyl (C=O) groups excluding carboxylic acids is 1. The van der Waals surface area contributed by atoms with Crippen LogP contribution in [-0.2, 0) is 11.3 Å². The summed E-state index contributed by atoms with van der Waals surface area (Å²) in [7, 11) is 1.67. The molecule has 0 atom stereocenters. The third-order valence-corrected chi connectivity index (χ3v) is 6.01. The van der Waals surface area contributed by atoms with E-state index in [9.17, 15) is 4.79 Å². The van der Waals surface area contributed by atoms with Crippen LogP contribution in [0.25, 0.3) is 21.8 Å². The molecule has 0 bridgehead atoms. The number of rotatable bonds is 6. The van der Waals surface area contributed by atoms with Gasteiger partial charge in [-0.2, -0.15) is 0 Å². The van der Waals surface area contributed by atoms with Crippen LogP contribution >= 0.6 is 0 Å². The van der Waals surface area contributed by atoms with Crippen LogP contribution in [0.15, 0.2) is 60.7 Å². The number of imidazole rings is 1. The lowest BCUT2D eigenvalue weighted by Crippen LogP contribution is -2.48. The number of aromatic nitrogens is 2. The highest BCUT2D eigenvalue weighted by molar-refractivity contribution is 6.02. The average molecular weight is 430 g/mol. The van der Waals surface area contributed by atoms with E-state index in [0.29, 0.717) is 6.54 Å². The van der Waals surface area contributed by atoms with E-state index in [1.54, 1.807) is 7.11 Å². The predicted octanol–water partition coefficient (Wildman–Crippen LogP) is 3.48. The lowest BCUT2D eigenvalue weighted by molar-refractivity contribution is -0.117. The Morgan fingerprint density at radius 1 is 1.03 bits per heavy atom. The summed E-state index contributed by atoms with van der Waals surface area (Å²) in [5.41, 5.74) is 2.81. The Morgan fingerprint density at radius 3 is 2.66 bits per heavy atom. The van der Waals surface area contributed by atoms with Crippen molar-refractivity contribution in [2.45, 2.75) is 6.54 Å². The Hall–Kier alpha value is -3.42. The van der Waals surface area contributed by atoms with Crippen molar-refractivity contribution < 1.29 is 9.53 Å². The molecule has 1 aromatic heterocycles. The third-order valence-electron chi connectivity index (χ3n) is 6.01. The van der Waals surface area contributed by atoms with Crippen molar-refractivity contribution in [1.82, 2.24) is 19.8 Å². The highest BCUT2D eigenvalue weighted by atomic mass is 16.5. The normalized spacial score (nSPS) is 15.3. The Morgan fingerprint density at radius 2 is 1.81 bits per heavy atom. The molecule has 5 rings (SSSR count). The molecule has 1 saturated heterocycles. The van der Waals surface area contributed by atoms with Gasteiger partial charge >= 0.3 is 0 Å². The molecule has 0 saturated carbocycles. The van der Waals surface area contributed by atoms with E-state index in [1.165, 1.54) is 0 Å². The summed E-state index contributed by atoms with van der Waals surface area (Å²) in [6.45, 7) is 4.70. The number of nitrogens with one attached hydrogen (secondary N) is 2. The number of hydrogen-bond acceptors (Lipinski definition) is 5. The number of ether oxygens (including phenoxy) is 1. The second-order valence-corrected chi connectivity index (χ2v) is 8.19. The number of amides is 1. The van der Waals surface area contributed by atoms with Crippen LogP contribution in [0.1, 0.15) is 5.82 Å². The lowest BCUT2D eigenvalue weighted by atomic mass is 10.1. The number of hydrogen-bond donors (Lipinski definition) is 2. The van der Waals surface area contributed by atoms with Gasteiger partial charge < -0.3 is 15.0 Å². The molecule has 7 nitrogen and oxygen atoms in total. The van der Waals surface area contributed by atoms with Gasteiger partial charge in [-0.3, -0.25) is 14.6 Å². The second kappa shape index (κ2) is 8.98.